The molecular weight excluding hydrogens is 196 g/mol. The molecule has 0 saturated heterocycles. The van der Waals surface area contributed by atoms with Crippen LogP contribution < -0.4 is 5.32 Å². The summed E-state index contributed by atoms with van der Waals surface area (Å²) in [5.41, 5.74) is 0.810. The van der Waals surface area contributed by atoms with E-state index in [0.717, 1.165) is 24.9 Å². The summed E-state index contributed by atoms with van der Waals surface area (Å²) in [6.07, 6.45) is 1.89. The first-order valence-corrected chi connectivity index (χ1v) is 5.37. The van der Waals surface area contributed by atoms with Crippen LogP contribution in [0.5, 0.6) is 0 Å². The van der Waals surface area contributed by atoms with Crippen molar-refractivity contribution in [1.82, 2.24) is 5.32 Å². The lowest BCUT2D eigenvalue weighted by Crippen LogP contribution is -2.21. The first-order chi connectivity index (χ1) is 7.19. The van der Waals surface area contributed by atoms with E-state index in [1.54, 1.807) is 6.07 Å². The van der Waals surface area contributed by atoms with E-state index >= 15 is 0 Å². The van der Waals surface area contributed by atoms with Gasteiger partial charge in [0.2, 0.25) is 0 Å². The maximum Gasteiger partial charge on any atom is 0.159 e. The van der Waals surface area contributed by atoms with Crippen LogP contribution in [-0.2, 0) is 0 Å². The molecule has 1 aromatic carbocycles. The minimum absolute atomic E-state index is 0.111. The van der Waals surface area contributed by atoms with Gasteiger partial charge in [0, 0.05) is 6.04 Å². The molecule has 3 heteroatoms. The van der Waals surface area contributed by atoms with E-state index in [4.69, 9.17) is 0 Å². The van der Waals surface area contributed by atoms with Gasteiger partial charge in [-0.25, -0.2) is 8.78 Å². The van der Waals surface area contributed by atoms with Gasteiger partial charge in [0.05, 0.1) is 0 Å². The summed E-state index contributed by atoms with van der Waals surface area (Å²) < 4.78 is 25.7. The molecule has 1 rings (SSSR count). The molecule has 0 aliphatic rings. The van der Waals surface area contributed by atoms with E-state index in [9.17, 15) is 8.78 Å². The van der Waals surface area contributed by atoms with Gasteiger partial charge in [-0.15, -0.1) is 0 Å². The molecule has 0 amide bonds. The largest absolute Gasteiger partial charge is 0.310 e. The number of nitrogens with one attached hydrogen (secondary N) is 1. The summed E-state index contributed by atoms with van der Waals surface area (Å²) in [5, 5.41) is 3.29. The van der Waals surface area contributed by atoms with Crippen molar-refractivity contribution in [2.75, 3.05) is 6.54 Å². The Bertz CT molecular complexity index is 312. The molecule has 0 saturated carbocycles. The Morgan fingerprint density at radius 1 is 1.20 bits per heavy atom. The Labute approximate surface area is 89.5 Å². The van der Waals surface area contributed by atoms with Gasteiger partial charge in [-0.1, -0.05) is 19.9 Å². The van der Waals surface area contributed by atoms with Crippen LogP contribution in [0.4, 0.5) is 8.78 Å². The summed E-state index contributed by atoms with van der Waals surface area (Å²) in [7, 11) is 0. The lowest BCUT2D eigenvalue weighted by atomic mass is 10.0. The molecule has 1 atom stereocenters. The first kappa shape index (κ1) is 12.1. The summed E-state index contributed by atoms with van der Waals surface area (Å²) >= 11 is 0. The molecule has 0 aliphatic heterocycles. The Hall–Kier alpha value is -0.960. The second kappa shape index (κ2) is 5.81. The van der Waals surface area contributed by atoms with Crippen molar-refractivity contribution in [3.05, 3.63) is 35.4 Å². The van der Waals surface area contributed by atoms with Gasteiger partial charge in [-0.05, 0) is 37.1 Å². The van der Waals surface area contributed by atoms with Crippen molar-refractivity contribution in [2.45, 2.75) is 32.7 Å². The molecule has 1 N–H and O–H groups in total. The first-order valence-electron chi connectivity index (χ1n) is 5.37. The fourth-order valence-electron chi connectivity index (χ4n) is 1.55. The second-order valence-corrected chi connectivity index (χ2v) is 3.59. The molecule has 15 heavy (non-hydrogen) atoms. The van der Waals surface area contributed by atoms with Gasteiger partial charge in [0.15, 0.2) is 11.6 Å². The highest BCUT2D eigenvalue weighted by Crippen LogP contribution is 2.18. The third kappa shape index (κ3) is 3.27. The minimum atomic E-state index is -0.788. The molecule has 0 heterocycles. The zero-order chi connectivity index (χ0) is 11.3. The van der Waals surface area contributed by atoms with Crippen LogP contribution >= 0.6 is 0 Å². The maximum absolute atomic E-state index is 13.0. The third-order valence-corrected chi connectivity index (χ3v) is 2.40. The average Bonchev–Trinajstić information content (AvgIpc) is 2.24. The Morgan fingerprint density at radius 2 is 1.93 bits per heavy atom. The summed E-state index contributed by atoms with van der Waals surface area (Å²) in [6, 6.07) is 4.20. The van der Waals surface area contributed by atoms with Gasteiger partial charge >= 0.3 is 0 Å². The van der Waals surface area contributed by atoms with Crippen LogP contribution in [0.2, 0.25) is 0 Å². The van der Waals surface area contributed by atoms with Gasteiger partial charge < -0.3 is 5.32 Å². The van der Waals surface area contributed by atoms with Crippen LogP contribution in [0.3, 0.4) is 0 Å². The van der Waals surface area contributed by atoms with Crippen molar-refractivity contribution in [3.8, 4) is 0 Å². The molecule has 0 aromatic heterocycles. The Kier molecular flexibility index (Phi) is 4.69. The highest BCUT2D eigenvalue weighted by molar-refractivity contribution is 5.21. The van der Waals surface area contributed by atoms with Crippen LogP contribution in [0, 0.1) is 11.6 Å². The number of hydrogen-bond acceptors (Lipinski definition) is 1. The zero-order valence-electron chi connectivity index (χ0n) is 9.19. The summed E-state index contributed by atoms with van der Waals surface area (Å²) in [4.78, 5) is 0. The summed E-state index contributed by atoms with van der Waals surface area (Å²) in [5.74, 6) is -1.56. The molecule has 1 unspecified atom stereocenters. The molecule has 0 fully saturated rings. The molecule has 0 bridgehead atoms. The minimum Gasteiger partial charge on any atom is -0.310 e. The molecule has 1 aromatic rings. The molecule has 84 valence electrons. The third-order valence-electron chi connectivity index (χ3n) is 2.40. The van der Waals surface area contributed by atoms with Gasteiger partial charge in [-0.3, -0.25) is 0 Å². The van der Waals surface area contributed by atoms with E-state index in [-0.39, 0.29) is 6.04 Å². The van der Waals surface area contributed by atoms with Crippen molar-refractivity contribution in [1.29, 1.82) is 0 Å². The van der Waals surface area contributed by atoms with Crippen molar-refractivity contribution >= 4 is 0 Å². The van der Waals surface area contributed by atoms with E-state index in [2.05, 4.69) is 12.2 Å². The average molecular weight is 213 g/mol. The van der Waals surface area contributed by atoms with E-state index in [1.165, 1.54) is 12.1 Å². The lowest BCUT2D eigenvalue weighted by Gasteiger charge is -2.17. The van der Waals surface area contributed by atoms with E-state index in [1.807, 2.05) is 6.92 Å². The number of benzene rings is 1. The summed E-state index contributed by atoms with van der Waals surface area (Å²) in [6.45, 7) is 4.98. The van der Waals surface area contributed by atoms with Crippen LogP contribution in [-0.4, -0.2) is 6.54 Å². The lowest BCUT2D eigenvalue weighted by molar-refractivity contribution is 0.489. The van der Waals surface area contributed by atoms with E-state index in [0.29, 0.717) is 0 Å². The SMILES string of the molecule is CCCNC(CC)c1ccc(F)c(F)c1. The molecule has 0 aliphatic carbocycles. The van der Waals surface area contributed by atoms with Crippen molar-refractivity contribution in [3.63, 3.8) is 0 Å². The molecular formula is C12H17F2N. The predicted molar refractivity (Wildman–Crippen MR) is 57.7 cm³/mol. The Balaban J connectivity index is 2.78. The smallest absolute Gasteiger partial charge is 0.159 e. The van der Waals surface area contributed by atoms with Crippen LogP contribution in [0.15, 0.2) is 18.2 Å². The topological polar surface area (TPSA) is 12.0 Å². The highest BCUT2D eigenvalue weighted by Gasteiger charge is 2.10. The van der Waals surface area contributed by atoms with Crippen LogP contribution in [0.25, 0.3) is 0 Å². The van der Waals surface area contributed by atoms with E-state index < -0.39 is 11.6 Å². The van der Waals surface area contributed by atoms with Gasteiger partial charge in [0.25, 0.3) is 0 Å². The number of hydrogen-bond donors (Lipinski definition) is 1. The quantitative estimate of drug-likeness (QED) is 0.790. The maximum atomic E-state index is 13.0. The van der Waals surface area contributed by atoms with Gasteiger partial charge in [0.1, 0.15) is 0 Å². The molecule has 0 radical (unpaired) electrons. The fourth-order valence-corrected chi connectivity index (χ4v) is 1.55. The van der Waals surface area contributed by atoms with Gasteiger partial charge in [-0.2, -0.15) is 0 Å². The van der Waals surface area contributed by atoms with Crippen molar-refractivity contribution < 1.29 is 8.78 Å². The molecule has 0 spiro atoms. The fraction of sp³-hybridized carbons (Fsp3) is 0.500. The zero-order valence-corrected chi connectivity index (χ0v) is 9.19. The Morgan fingerprint density at radius 3 is 2.47 bits per heavy atom. The highest BCUT2D eigenvalue weighted by atomic mass is 19.2. The second-order valence-electron chi connectivity index (χ2n) is 3.59. The van der Waals surface area contributed by atoms with Crippen molar-refractivity contribution in [2.24, 2.45) is 0 Å². The number of rotatable bonds is 5. The van der Waals surface area contributed by atoms with Crippen LogP contribution in [0.1, 0.15) is 38.3 Å². The molecule has 1 nitrogen and oxygen atoms in total. The standard InChI is InChI=1S/C12H17F2N/c1-3-7-15-12(4-2)9-5-6-10(13)11(14)8-9/h5-6,8,12,15H,3-4,7H2,1-2H3. The monoisotopic (exact) mass is 213 g/mol. The normalized spacial score (nSPS) is 12.8. The predicted octanol–water partition coefficient (Wildman–Crippen LogP) is 3.42. The number of halogens is 2.